The van der Waals surface area contributed by atoms with E-state index in [-0.39, 0.29) is 13.2 Å². The van der Waals surface area contributed by atoms with Crippen LogP contribution in [0.2, 0.25) is 0 Å². The van der Waals surface area contributed by atoms with E-state index in [1.807, 2.05) is 158 Å². The van der Waals surface area contributed by atoms with Gasteiger partial charge in [-0.15, -0.1) is 0 Å². The van der Waals surface area contributed by atoms with Crippen molar-refractivity contribution in [1.29, 1.82) is 0 Å². The Morgan fingerprint density at radius 2 is 0.548 bits per heavy atom. The molecule has 2 saturated heterocycles. The maximum atomic E-state index is 6.80. The van der Waals surface area contributed by atoms with Gasteiger partial charge in [-0.1, -0.05) is 194 Å². The van der Waals surface area contributed by atoms with Gasteiger partial charge in [0, 0.05) is 0 Å². The van der Waals surface area contributed by atoms with Gasteiger partial charge in [0.05, 0.1) is 52.9 Å². The molecule has 0 spiro atoms. The molecule has 0 bridgehead atoms. The maximum absolute atomic E-state index is 6.80. The third kappa shape index (κ3) is 12.6. The molecule has 8 atom stereocenters. The van der Waals surface area contributed by atoms with Crippen molar-refractivity contribution in [2.45, 2.75) is 88.5 Å². The maximum Gasteiger partial charge on any atom is 0.147 e. The van der Waals surface area contributed by atoms with Crippen LogP contribution >= 0.6 is 0 Å². The van der Waals surface area contributed by atoms with Gasteiger partial charge in [-0.05, 0) is 33.4 Å². The van der Waals surface area contributed by atoms with Gasteiger partial charge >= 0.3 is 0 Å². The third-order valence-corrected chi connectivity index (χ3v) is 10.9. The smallest absolute Gasteiger partial charge is 0.147 e. The Balaban J connectivity index is 1.07. The van der Waals surface area contributed by atoms with Crippen LogP contribution in [-0.4, -0.2) is 62.0 Å². The summed E-state index contributed by atoms with van der Waals surface area (Å²) in [5.41, 5.74) is 6.32. The minimum absolute atomic E-state index is 0.288. The fraction of sp³-hybridized carbons (Fsp3) is 0.296. The van der Waals surface area contributed by atoms with Crippen molar-refractivity contribution in [3.8, 4) is 11.8 Å². The Hall–Kier alpha value is -5.44. The number of ether oxygens (including phenoxy) is 8. The Kier molecular flexibility index (Phi) is 16.1. The van der Waals surface area contributed by atoms with Crippen molar-refractivity contribution in [2.24, 2.45) is 0 Å². The topological polar surface area (TPSA) is 73.8 Å². The molecule has 0 aliphatic carbocycles. The van der Waals surface area contributed by atoms with Crippen LogP contribution in [-0.2, 0) is 77.5 Å². The molecule has 0 amide bonds. The molecule has 318 valence electrons. The van der Waals surface area contributed by atoms with E-state index >= 15 is 0 Å². The summed E-state index contributed by atoms with van der Waals surface area (Å²) in [5.74, 6) is 6.93. The summed E-state index contributed by atoms with van der Waals surface area (Å²) in [6.07, 6.45) is -4.31. The highest BCUT2D eigenvalue weighted by atomic mass is 16.6. The summed E-state index contributed by atoms with van der Waals surface area (Å²) in [6.45, 7) is 2.92. The van der Waals surface area contributed by atoms with Crippen LogP contribution < -0.4 is 0 Å². The molecule has 0 N–H and O–H groups in total. The van der Waals surface area contributed by atoms with Gasteiger partial charge < -0.3 is 37.9 Å². The molecule has 8 heteroatoms. The van der Waals surface area contributed by atoms with E-state index in [4.69, 9.17) is 37.9 Å². The van der Waals surface area contributed by atoms with Crippen molar-refractivity contribution in [2.75, 3.05) is 13.2 Å². The van der Waals surface area contributed by atoms with E-state index < -0.39 is 48.8 Å². The van der Waals surface area contributed by atoms with Crippen molar-refractivity contribution in [1.82, 2.24) is 0 Å². The lowest BCUT2D eigenvalue weighted by Crippen LogP contribution is -2.39. The van der Waals surface area contributed by atoms with Gasteiger partial charge in [0.25, 0.3) is 0 Å². The first kappa shape index (κ1) is 43.2. The quantitative estimate of drug-likeness (QED) is 0.0706. The zero-order chi connectivity index (χ0) is 42.0. The van der Waals surface area contributed by atoms with E-state index in [2.05, 4.69) is 36.1 Å². The summed E-state index contributed by atoms with van der Waals surface area (Å²) < 4.78 is 53.1. The lowest BCUT2D eigenvalue weighted by Gasteiger charge is -2.24. The summed E-state index contributed by atoms with van der Waals surface area (Å²) in [6, 6.07) is 60.7. The number of hydrogen-bond acceptors (Lipinski definition) is 8. The van der Waals surface area contributed by atoms with E-state index in [0.29, 0.717) is 39.6 Å². The van der Waals surface area contributed by atoms with E-state index in [1.165, 1.54) is 0 Å². The summed E-state index contributed by atoms with van der Waals surface area (Å²) in [5, 5.41) is 0. The molecule has 6 aromatic rings. The van der Waals surface area contributed by atoms with E-state index in [0.717, 1.165) is 33.4 Å². The van der Waals surface area contributed by atoms with Crippen LogP contribution in [0, 0.1) is 11.8 Å². The SMILES string of the molecule is C(#C[C@H]1O[C@H](COCc2ccccc2)[C@@H](OCc2ccccc2)[C@@H]1OCc1ccccc1)[C@H]1O[C@H](COCc2ccccc2)[C@@H](OCc2ccccc2)[C@@H]1OCc1ccccc1. The number of benzene rings is 6. The Labute approximate surface area is 365 Å². The van der Waals surface area contributed by atoms with Crippen LogP contribution in [0.5, 0.6) is 0 Å². The molecule has 0 radical (unpaired) electrons. The largest absolute Gasteiger partial charge is 0.374 e. The molecule has 8 rings (SSSR count). The molecule has 2 aliphatic rings. The second-order valence-corrected chi connectivity index (χ2v) is 15.5. The molecule has 62 heavy (non-hydrogen) atoms. The van der Waals surface area contributed by atoms with Crippen LogP contribution in [0.1, 0.15) is 33.4 Å². The first-order valence-corrected chi connectivity index (χ1v) is 21.4. The lowest BCUT2D eigenvalue weighted by molar-refractivity contribution is -0.0896. The molecule has 6 aromatic carbocycles. The monoisotopic (exact) mass is 830 g/mol. The second-order valence-electron chi connectivity index (χ2n) is 15.5. The number of hydrogen-bond donors (Lipinski definition) is 0. The zero-order valence-corrected chi connectivity index (χ0v) is 34.9. The Bertz CT molecular complexity index is 2060. The zero-order valence-electron chi connectivity index (χ0n) is 34.9. The predicted molar refractivity (Wildman–Crippen MR) is 237 cm³/mol. The van der Waals surface area contributed by atoms with Gasteiger partial charge in [-0.25, -0.2) is 0 Å². The molecule has 8 nitrogen and oxygen atoms in total. The highest BCUT2D eigenvalue weighted by molar-refractivity contribution is 5.22. The van der Waals surface area contributed by atoms with Gasteiger partial charge in [-0.3, -0.25) is 0 Å². The van der Waals surface area contributed by atoms with Crippen LogP contribution in [0.4, 0.5) is 0 Å². The molecule has 0 aromatic heterocycles. The molecule has 2 fully saturated rings. The second kappa shape index (κ2) is 23.1. The molecule has 0 saturated carbocycles. The molecule has 2 heterocycles. The van der Waals surface area contributed by atoms with Crippen molar-refractivity contribution < 1.29 is 37.9 Å². The van der Waals surface area contributed by atoms with Crippen LogP contribution in [0.25, 0.3) is 0 Å². The van der Waals surface area contributed by atoms with Crippen molar-refractivity contribution in [3.05, 3.63) is 215 Å². The van der Waals surface area contributed by atoms with Gasteiger partial charge in [0.2, 0.25) is 0 Å². The highest BCUT2D eigenvalue weighted by Crippen LogP contribution is 2.32. The minimum atomic E-state index is -0.666. The fourth-order valence-electron chi connectivity index (χ4n) is 7.69. The Morgan fingerprint density at radius 3 is 0.823 bits per heavy atom. The van der Waals surface area contributed by atoms with Gasteiger partial charge in [0.1, 0.15) is 48.8 Å². The lowest BCUT2D eigenvalue weighted by atomic mass is 10.0. The molecular formula is C54H54O8. The number of rotatable bonds is 20. The standard InChI is InChI=1S/C54H54O8/c1-7-19-41(20-8-1)33-55-39-49-53(59-37-45-27-15-5-16-28-45)51(57-35-43-23-11-3-12-24-43)47(61-49)31-32-48-52(58-36-44-25-13-4-14-26-44)54(60-38-46-29-17-6-18-30-46)50(62-48)40-56-34-42-21-9-2-10-22-42/h1-30,47-54H,33-40H2/t47-,48-,49-,50-,51-,52-,53-,54-/m1/s1. The van der Waals surface area contributed by atoms with Crippen LogP contribution in [0.3, 0.4) is 0 Å². The summed E-state index contributed by atoms with van der Waals surface area (Å²) >= 11 is 0. The van der Waals surface area contributed by atoms with Crippen molar-refractivity contribution in [3.63, 3.8) is 0 Å². The van der Waals surface area contributed by atoms with E-state index in [9.17, 15) is 0 Å². The first-order chi connectivity index (χ1) is 30.7. The average molecular weight is 831 g/mol. The third-order valence-electron chi connectivity index (χ3n) is 10.9. The summed E-state index contributed by atoms with van der Waals surface area (Å²) in [7, 11) is 0. The first-order valence-electron chi connectivity index (χ1n) is 21.4. The normalized spacial score (nSPS) is 23.2. The van der Waals surface area contributed by atoms with Crippen molar-refractivity contribution >= 4 is 0 Å². The highest BCUT2D eigenvalue weighted by Gasteiger charge is 2.48. The van der Waals surface area contributed by atoms with Crippen LogP contribution in [0.15, 0.2) is 182 Å². The molecule has 0 unspecified atom stereocenters. The van der Waals surface area contributed by atoms with Gasteiger partial charge in [-0.2, -0.15) is 0 Å². The van der Waals surface area contributed by atoms with Gasteiger partial charge in [0.15, 0.2) is 0 Å². The minimum Gasteiger partial charge on any atom is -0.374 e. The fourth-order valence-corrected chi connectivity index (χ4v) is 7.69. The molecule has 2 aliphatic heterocycles. The predicted octanol–water partition coefficient (Wildman–Crippen LogP) is 9.30. The summed E-state index contributed by atoms with van der Waals surface area (Å²) in [4.78, 5) is 0. The molecular weight excluding hydrogens is 777 g/mol. The van der Waals surface area contributed by atoms with E-state index in [1.54, 1.807) is 0 Å². The Morgan fingerprint density at radius 1 is 0.306 bits per heavy atom. The average Bonchev–Trinajstić information content (AvgIpc) is 3.85.